The SMILES string of the molecule is CCOCCN(CCOCC)C1(CN)CCCC1CC. The molecular formula is C16H34N2O2. The highest BCUT2D eigenvalue weighted by Crippen LogP contribution is 2.41. The van der Waals surface area contributed by atoms with E-state index in [0.717, 1.165) is 52.0 Å². The molecule has 0 spiro atoms. The summed E-state index contributed by atoms with van der Waals surface area (Å²) in [6, 6.07) is 0. The van der Waals surface area contributed by atoms with Crippen molar-refractivity contribution in [2.45, 2.75) is 52.0 Å². The molecule has 2 atom stereocenters. The van der Waals surface area contributed by atoms with Crippen molar-refractivity contribution in [3.8, 4) is 0 Å². The Hall–Kier alpha value is -0.160. The molecule has 0 aromatic carbocycles. The predicted molar refractivity (Wildman–Crippen MR) is 84.0 cm³/mol. The summed E-state index contributed by atoms with van der Waals surface area (Å²) in [6.45, 7) is 12.2. The summed E-state index contributed by atoms with van der Waals surface area (Å²) in [7, 11) is 0. The van der Waals surface area contributed by atoms with Crippen LogP contribution in [0.2, 0.25) is 0 Å². The fraction of sp³-hybridized carbons (Fsp3) is 1.00. The molecule has 2 N–H and O–H groups in total. The molecule has 1 rings (SSSR count). The molecule has 0 aromatic heterocycles. The van der Waals surface area contributed by atoms with E-state index in [4.69, 9.17) is 15.2 Å². The largest absolute Gasteiger partial charge is 0.380 e. The van der Waals surface area contributed by atoms with Gasteiger partial charge in [-0.05, 0) is 32.6 Å². The molecule has 1 fully saturated rings. The van der Waals surface area contributed by atoms with E-state index >= 15 is 0 Å². The normalized spacial score (nSPS) is 26.6. The number of ether oxygens (including phenoxy) is 2. The smallest absolute Gasteiger partial charge is 0.0593 e. The molecule has 0 bridgehead atoms. The highest BCUT2D eigenvalue weighted by molar-refractivity contribution is 5.01. The van der Waals surface area contributed by atoms with E-state index in [1.807, 2.05) is 13.8 Å². The fourth-order valence-electron chi connectivity index (χ4n) is 3.72. The maximum atomic E-state index is 6.22. The summed E-state index contributed by atoms with van der Waals surface area (Å²) in [6.07, 6.45) is 5.06. The molecule has 0 heterocycles. The fourth-order valence-corrected chi connectivity index (χ4v) is 3.72. The van der Waals surface area contributed by atoms with Gasteiger partial charge in [0.05, 0.1) is 13.2 Å². The number of nitrogens with two attached hydrogens (primary N) is 1. The first-order chi connectivity index (χ1) is 9.75. The molecule has 1 aliphatic carbocycles. The summed E-state index contributed by atoms with van der Waals surface area (Å²) in [5.74, 6) is 0.718. The van der Waals surface area contributed by atoms with Crippen LogP contribution in [0.5, 0.6) is 0 Å². The van der Waals surface area contributed by atoms with E-state index in [2.05, 4.69) is 11.8 Å². The van der Waals surface area contributed by atoms with Crippen LogP contribution in [0, 0.1) is 5.92 Å². The summed E-state index contributed by atoms with van der Waals surface area (Å²) in [5, 5.41) is 0. The summed E-state index contributed by atoms with van der Waals surface area (Å²) >= 11 is 0. The summed E-state index contributed by atoms with van der Waals surface area (Å²) in [4.78, 5) is 2.56. The Kier molecular flexibility index (Phi) is 8.69. The Morgan fingerprint density at radius 2 is 1.70 bits per heavy atom. The van der Waals surface area contributed by atoms with E-state index in [9.17, 15) is 0 Å². The van der Waals surface area contributed by atoms with Gasteiger partial charge in [-0.15, -0.1) is 0 Å². The van der Waals surface area contributed by atoms with Gasteiger partial charge in [-0.1, -0.05) is 19.8 Å². The third-order valence-electron chi connectivity index (χ3n) is 4.82. The zero-order valence-electron chi connectivity index (χ0n) is 13.7. The van der Waals surface area contributed by atoms with Gasteiger partial charge >= 0.3 is 0 Å². The molecule has 120 valence electrons. The lowest BCUT2D eigenvalue weighted by atomic mass is 9.83. The van der Waals surface area contributed by atoms with Gasteiger partial charge in [0.1, 0.15) is 0 Å². The van der Waals surface area contributed by atoms with E-state index in [0.29, 0.717) is 0 Å². The van der Waals surface area contributed by atoms with Crippen LogP contribution in [-0.4, -0.2) is 56.5 Å². The topological polar surface area (TPSA) is 47.7 Å². The van der Waals surface area contributed by atoms with Crippen molar-refractivity contribution >= 4 is 0 Å². The van der Waals surface area contributed by atoms with Crippen LogP contribution >= 0.6 is 0 Å². The Morgan fingerprint density at radius 3 is 2.15 bits per heavy atom. The molecular weight excluding hydrogens is 252 g/mol. The second-order valence-corrected chi connectivity index (χ2v) is 5.69. The molecule has 1 saturated carbocycles. The number of hydrogen-bond acceptors (Lipinski definition) is 4. The number of rotatable bonds is 11. The Morgan fingerprint density at radius 1 is 1.10 bits per heavy atom. The van der Waals surface area contributed by atoms with Gasteiger partial charge in [-0.25, -0.2) is 0 Å². The second-order valence-electron chi connectivity index (χ2n) is 5.69. The second kappa shape index (κ2) is 9.72. The molecule has 1 aliphatic rings. The van der Waals surface area contributed by atoms with Gasteiger partial charge in [0.15, 0.2) is 0 Å². The van der Waals surface area contributed by atoms with Gasteiger partial charge in [0.2, 0.25) is 0 Å². The maximum absolute atomic E-state index is 6.22. The van der Waals surface area contributed by atoms with Crippen molar-refractivity contribution in [1.29, 1.82) is 0 Å². The van der Waals surface area contributed by atoms with Crippen LogP contribution in [0.25, 0.3) is 0 Å². The van der Waals surface area contributed by atoms with Gasteiger partial charge in [-0.2, -0.15) is 0 Å². The average molecular weight is 286 g/mol. The Bertz CT molecular complexity index is 241. The lowest BCUT2D eigenvalue weighted by molar-refractivity contribution is 0.00291. The van der Waals surface area contributed by atoms with Gasteiger partial charge in [-0.3, -0.25) is 4.90 Å². The van der Waals surface area contributed by atoms with Crippen LogP contribution in [0.15, 0.2) is 0 Å². The molecule has 20 heavy (non-hydrogen) atoms. The predicted octanol–water partition coefficient (Wildman–Crippen LogP) is 2.27. The van der Waals surface area contributed by atoms with Gasteiger partial charge in [0.25, 0.3) is 0 Å². The van der Waals surface area contributed by atoms with Crippen molar-refractivity contribution in [2.75, 3.05) is 46.1 Å². The minimum absolute atomic E-state index is 0.170. The highest BCUT2D eigenvalue weighted by Gasteiger charge is 2.44. The van der Waals surface area contributed by atoms with Crippen LogP contribution in [0.3, 0.4) is 0 Å². The lowest BCUT2D eigenvalue weighted by Crippen LogP contribution is -2.58. The monoisotopic (exact) mass is 286 g/mol. The zero-order valence-corrected chi connectivity index (χ0v) is 13.7. The maximum Gasteiger partial charge on any atom is 0.0593 e. The van der Waals surface area contributed by atoms with Crippen LogP contribution < -0.4 is 5.73 Å². The third-order valence-corrected chi connectivity index (χ3v) is 4.82. The van der Waals surface area contributed by atoms with Crippen LogP contribution in [0.4, 0.5) is 0 Å². The molecule has 4 nitrogen and oxygen atoms in total. The molecule has 0 aromatic rings. The zero-order chi connectivity index (χ0) is 14.8. The van der Waals surface area contributed by atoms with E-state index in [1.165, 1.54) is 25.7 Å². The van der Waals surface area contributed by atoms with Gasteiger partial charge < -0.3 is 15.2 Å². The van der Waals surface area contributed by atoms with Crippen molar-refractivity contribution in [3.05, 3.63) is 0 Å². The first-order valence-electron chi connectivity index (χ1n) is 8.35. The van der Waals surface area contributed by atoms with Crippen molar-refractivity contribution in [1.82, 2.24) is 4.90 Å². The Labute approximate surface area is 125 Å². The molecule has 0 radical (unpaired) electrons. The first-order valence-corrected chi connectivity index (χ1v) is 8.35. The van der Waals surface area contributed by atoms with E-state index in [-0.39, 0.29) is 5.54 Å². The molecule has 2 unspecified atom stereocenters. The van der Waals surface area contributed by atoms with Gasteiger partial charge in [0, 0.05) is 38.4 Å². The average Bonchev–Trinajstić information content (AvgIpc) is 2.90. The van der Waals surface area contributed by atoms with E-state index in [1.54, 1.807) is 0 Å². The quantitative estimate of drug-likeness (QED) is 0.592. The van der Waals surface area contributed by atoms with Crippen molar-refractivity contribution < 1.29 is 9.47 Å². The molecule has 0 aliphatic heterocycles. The molecule has 0 saturated heterocycles. The van der Waals surface area contributed by atoms with Crippen LogP contribution in [0.1, 0.15) is 46.5 Å². The number of nitrogens with zero attached hydrogens (tertiary/aromatic N) is 1. The molecule has 0 amide bonds. The Balaban J connectivity index is 2.70. The minimum atomic E-state index is 0.170. The summed E-state index contributed by atoms with van der Waals surface area (Å²) in [5.41, 5.74) is 6.39. The van der Waals surface area contributed by atoms with Crippen molar-refractivity contribution in [3.63, 3.8) is 0 Å². The highest BCUT2D eigenvalue weighted by atomic mass is 16.5. The van der Waals surface area contributed by atoms with Crippen molar-refractivity contribution in [2.24, 2.45) is 11.7 Å². The molecule has 4 heteroatoms. The van der Waals surface area contributed by atoms with E-state index < -0.39 is 0 Å². The summed E-state index contributed by atoms with van der Waals surface area (Å²) < 4.78 is 11.1. The minimum Gasteiger partial charge on any atom is -0.380 e. The standard InChI is InChI=1S/C16H34N2O2/c1-4-15-8-7-9-16(15,14-17)18(10-12-19-5-2)11-13-20-6-3/h15H,4-14,17H2,1-3H3. The van der Waals surface area contributed by atoms with Crippen LogP contribution in [-0.2, 0) is 9.47 Å². The first kappa shape index (κ1) is 17.9. The lowest BCUT2D eigenvalue weighted by Gasteiger charge is -2.45. The third kappa shape index (κ3) is 4.42. The number of hydrogen-bond donors (Lipinski definition) is 1.